The molecule has 32 heavy (non-hydrogen) atoms. The number of fused-ring (bicyclic) bond motifs is 3. The summed E-state index contributed by atoms with van der Waals surface area (Å²) in [5.74, 6) is 1.64. The zero-order valence-corrected chi connectivity index (χ0v) is 19.8. The predicted octanol–water partition coefficient (Wildman–Crippen LogP) is 5.71. The summed E-state index contributed by atoms with van der Waals surface area (Å²) in [5.41, 5.74) is 5.56. The van der Waals surface area contributed by atoms with Crippen LogP contribution >= 0.6 is 11.6 Å². The van der Waals surface area contributed by atoms with Gasteiger partial charge in [0.15, 0.2) is 0 Å². The summed E-state index contributed by atoms with van der Waals surface area (Å²) in [6.45, 7) is 12.4. The molecule has 2 aromatic rings. The van der Waals surface area contributed by atoms with Gasteiger partial charge in [0.1, 0.15) is 12.1 Å². The molecule has 0 radical (unpaired) electrons. The van der Waals surface area contributed by atoms with Crippen molar-refractivity contribution in [2.75, 3.05) is 24.5 Å². The van der Waals surface area contributed by atoms with Gasteiger partial charge in [-0.2, -0.15) is 0 Å². The Labute approximate surface area is 193 Å². The third kappa shape index (κ3) is 4.08. The lowest BCUT2D eigenvalue weighted by atomic mass is 9.81. The van der Waals surface area contributed by atoms with Gasteiger partial charge in [-0.1, -0.05) is 18.5 Å². The minimum Gasteiger partial charge on any atom is -0.456 e. The highest BCUT2D eigenvalue weighted by atomic mass is 35.5. The van der Waals surface area contributed by atoms with E-state index in [0.717, 1.165) is 43.3 Å². The maximum atomic E-state index is 9.92. The fourth-order valence-corrected chi connectivity index (χ4v) is 5.63. The van der Waals surface area contributed by atoms with Gasteiger partial charge in [0, 0.05) is 46.0 Å². The molecule has 0 amide bonds. The molecule has 8 heteroatoms. The van der Waals surface area contributed by atoms with E-state index in [1.54, 1.807) is 6.33 Å². The number of hydrogen-bond donors (Lipinski definition) is 1. The third-order valence-electron chi connectivity index (χ3n) is 7.09. The molecule has 1 aromatic heterocycles. The summed E-state index contributed by atoms with van der Waals surface area (Å²) < 4.78 is 9.92. The van der Waals surface area contributed by atoms with Crippen molar-refractivity contribution in [3.05, 3.63) is 46.4 Å². The maximum Gasteiger partial charge on any atom is 0.492 e. The molecule has 1 fully saturated rings. The monoisotopic (exact) mass is 460 g/mol. The van der Waals surface area contributed by atoms with Crippen LogP contribution in [0.15, 0.2) is 24.5 Å². The average Bonchev–Trinajstić information content (AvgIpc) is 3.39. The van der Waals surface area contributed by atoms with E-state index in [-0.39, 0.29) is 11.0 Å². The molecule has 1 aromatic carbocycles. The van der Waals surface area contributed by atoms with Crippen LogP contribution < -0.4 is 4.90 Å². The van der Waals surface area contributed by atoms with Gasteiger partial charge >= 0.3 is 6.22 Å². The van der Waals surface area contributed by atoms with Gasteiger partial charge in [-0.15, -0.1) is 4.39 Å². The largest absolute Gasteiger partial charge is 0.492 e. The first-order valence-corrected chi connectivity index (χ1v) is 11.4. The SMILES string of the molecule is C[C@@H]1CCc2ncnc(N3C[C@]4(CCN(C(C)(C)C)C4)c4cc(Cl)ccc43)c21.O=C(O)F. The Morgan fingerprint density at radius 1 is 1.28 bits per heavy atom. The molecular weight excluding hydrogens is 431 g/mol. The van der Waals surface area contributed by atoms with Gasteiger partial charge in [-0.3, -0.25) is 4.90 Å². The van der Waals surface area contributed by atoms with Crippen LogP contribution in [0.1, 0.15) is 63.3 Å². The molecule has 5 rings (SSSR count). The van der Waals surface area contributed by atoms with Crippen molar-refractivity contribution in [3.63, 3.8) is 0 Å². The van der Waals surface area contributed by atoms with E-state index in [1.807, 2.05) is 6.07 Å². The highest BCUT2D eigenvalue weighted by Gasteiger charge is 2.50. The molecule has 1 N–H and O–H groups in total. The first-order valence-electron chi connectivity index (χ1n) is 11.1. The van der Waals surface area contributed by atoms with Crippen molar-refractivity contribution in [1.82, 2.24) is 14.9 Å². The molecule has 2 aliphatic heterocycles. The van der Waals surface area contributed by atoms with Crippen molar-refractivity contribution in [3.8, 4) is 0 Å². The van der Waals surface area contributed by atoms with Gasteiger partial charge < -0.3 is 10.0 Å². The molecular formula is C24H30ClFN4O2. The van der Waals surface area contributed by atoms with Gasteiger partial charge in [0.2, 0.25) is 0 Å². The van der Waals surface area contributed by atoms with Crippen molar-refractivity contribution >= 4 is 29.3 Å². The second-order valence-electron chi connectivity index (χ2n) is 10.1. The predicted molar refractivity (Wildman–Crippen MR) is 124 cm³/mol. The van der Waals surface area contributed by atoms with Crippen molar-refractivity contribution < 1.29 is 14.3 Å². The molecule has 3 heterocycles. The van der Waals surface area contributed by atoms with Crippen molar-refractivity contribution in [1.29, 1.82) is 0 Å². The van der Waals surface area contributed by atoms with Crippen LogP contribution in [0.4, 0.5) is 20.7 Å². The van der Waals surface area contributed by atoms with Crippen LogP contribution in [0.25, 0.3) is 0 Å². The number of rotatable bonds is 1. The molecule has 3 aliphatic rings. The minimum atomic E-state index is -2.33. The van der Waals surface area contributed by atoms with E-state index < -0.39 is 6.22 Å². The second-order valence-corrected chi connectivity index (χ2v) is 10.6. The number of anilines is 2. The highest BCUT2D eigenvalue weighted by molar-refractivity contribution is 6.30. The zero-order chi connectivity index (χ0) is 23.3. The Hall–Kier alpha value is -2.25. The van der Waals surface area contributed by atoms with E-state index >= 15 is 0 Å². The molecule has 0 saturated carbocycles. The first-order chi connectivity index (χ1) is 15.0. The van der Waals surface area contributed by atoms with Crippen molar-refractivity contribution in [2.24, 2.45) is 0 Å². The number of benzene rings is 1. The maximum absolute atomic E-state index is 9.92. The molecule has 1 aliphatic carbocycles. The summed E-state index contributed by atoms with van der Waals surface area (Å²) in [4.78, 5) is 22.8. The Balaban J connectivity index is 0.000000567. The lowest BCUT2D eigenvalue weighted by Gasteiger charge is -2.34. The molecule has 1 saturated heterocycles. The van der Waals surface area contributed by atoms with Crippen LogP contribution in [0.5, 0.6) is 0 Å². The summed E-state index contributed by atoms with van der Waals surface area (Å²) in [5, 5.41) is 7.58. The highest BCUT2D eigenvalue weighted by Crippen LogP contribution is 2.52. The van der Waals surface area contributed by atoms with E-state index in [0.29, 0.717) is 5.92 Å². The van der Waals surface area contributed by atoms with Crippen molar-refractivity contribution in [2.45, 2.75) is 63.8 Å². The fraction of sp³-hybridized carbons (Fsp3) is 0.542. The van der Waals surface area contributed by atoms with Gasteiger partial charge in [0.25, 0.3) is 0 Å². The number of aromatic nitrogens is 2. The Bertz CT molecular complexity index is 1040. The molecule has 6 nitrogen and oxygen atoms in total. The number of halogens is 2. The number of nitrogens with zero attached hydrogens (tertiary/aromatic N) is 4. The number of carboxylic acid groups (broad SMARTS) is 1. The van der Waals surface area contributed by atoms with E-state index in [2.05, 4.69) is 54.6 Å². The number of likely N-dealkylation sites (tertiary alicyclic amines) is 1. The average molecular weight is 461 g/mol. The summed E-state index contributed by atoms with van der Waals surface area (Å²) >= 11 is 6.46. The molecule has 2 atom stereocenters. The van der Waals surface area contributed by atoms with Crippen LogP contribution in [0, 0.1) is 0 Å². The lowest BCUT2D eigenvalue weighted by Crippen LogP contribution is -2.43. The Morgan fingerprint density at radius 2 is 2.00 bits per heavy atom. The van der Waals surface area contributed by atoms with E-state index in [9.17, 15) is 4.39 Å². The first kappa shape index (κ1) is 22.9. The summed E-state index contributed by atoms with van der Waals surface area (Å²) in [7, 11) is 0. The number of aryl methyl sites for hydroxylation is 1. The zero-order valence-electron chi connectivity index (χ0n) is 19.0. The molecule has 0 unspecified atom stereocenters. The smallest absolute Gasteiger partial charge is 0.456 e. The second kappa shape index (κ2) is 8.27. The molecule has 0 bridgehead atoms. The number of hydrogen-bond acceptors (Lipinski definition) is 5. The summed E-state index contributed by atoms with van der Waals surface area (Å²) in [6.07, 6.45) is 2.82. The quantitative estimate of drug-likeness (QED) is 0.550. The van der Waals surface area contributed by atoms with E-state index in [1.165, 1.54) is 28.9 Å². The van der Waals surface area contributed by atoms with E-state index in [4.69, 9.17) is 26.5 Å². The van der Waals surface area contributed by atoms with Gasteiger partial charge in [-0.05, 0) is 76.3 Å². The lowest BCUT2D eigenvalue weighted by molar-refractivity contribution is 0.165. The molecule has 172 valence electrons. The summed E-state index contributed by atoms with van der Waals surface area (Å²) in [6, 6.07) is 6.42. The third-order valence-corrected chi connectivity index (χ3v) is 7.33. The van der Waals surface area contributed by atoms with Gasteiger partial charge in [-0.25, -0.2) is 14.8 Å². The van der Waals surface area contributed by atoms with Gasteiger partial charge in [0.05, 0.1) is 0 Å². The Morgan fingerprint density at radius 3 is 2.66 bits per heavy atom. The number of carbonyl (C=O) groups is 1. The van der Waals surface area contributed by atoms with Crippen LogP contribution in [0.2, 0.25) is 5.02 Å². The molecule has 1 spiro atoms. The van der Waals surface area contributed by atoms with Crippen LogP contribution in [-0.2, 0) is 11.8 Å². The van der Waals surface area contributed by atoms with Crippen LogP contribution in [0.3, 0.4) is 0 Å². The Kier molecular flexibility index (Phi) is 5.92. The van der Waals surface area contributed by atoms with Crippen LogP contribution in [-0.4, -0.2) is 51.4 Å². The topological polar surface area (TPSA) is 69.6 Å². The fourth-order valence-electron chi connectivity index (χ4n) is 5.46. The standard InChI is InChI=1S/C23H29ClN4.CHFO2/c1-15-5-7-18-20(15)21(26-14-25-18)28-13-23(9-10-27(12-23)22(2,3)4)17-11-16(24)6-8-19(17)28;2-1(3)4/h6,8,11,14-15H,5,7,9-10,12-13H2,1-4H3;(H,3,4)/t15-,23-;/m1./s1. The minimum absolute atomic E-state index is 0.118. The normalized spacial score (nSPS) is 24.3.